The van der Waals surface area contributed by atoms with Crippen molar-refractivity contribution in [3.05, 3.63) is 102 Å². The van der Waals surface area contributed by atoms with Gasteiger partial charge < -0.3 is 18.8 Å². The summed E-state index contributed by atoms with van der Waals surface area (Å²) in [4.78, 5) is 5.04. The molecule has 1 unspecified atom stereocenters. The molecule has 1 fully saturated rings. The predicted molar refractivity (Wildman–Crippen MR) is 153 cm³/mol. The molecule has 7 nitrogen and oxygen atoms in total. The maximum absolute atomic E-state index is 9.56. The van der Waals surface area contributed by atoms with Gasteiger partial charge in [-0.1, -0.05) is 66.7 Å². The van der Waals surface area contributed by atoms with Gasteiger partial charge in [0.1, 0.15) is 37.0 Å². The van der Waals surface area contributed by atoms with Crippen LogP contribution < -0.4 is 4.74 Å². The van der Waals surface area contributed by atoms with E-state index in [9.17, 15) is 5.26 Å². The fraction of sp³-hybridized carbons (Fsp3) is 0.344. The molecule has 0 aliphatic carbocycles. The molecular formula is C32H36N4O3. The average Bonchev–Trinajstić information content (AvgIpc) is 3.35. The van der Waals surface area contributed by atoms with Gasteiger partial charge in [0.15, 0.2) is 0 Å². The van der Waals surface area contributed by atoms with Gasteiger partial charge in [-0.2, -0.15) is 5.26 Å². The molecule has 1 aromatic heterocycles. The number of nitrogens with zero attached hydrogens (tertiary/aromatic N) is 4. The molecule has 0 radical (unpaired) electrons. The summed E-state index contributed by atoms with van der Waals surface area (Å²) in [6, 6.07) is 31.8. The van der Waals surface area contributed by atoms with Crippen molar-refractivity contribution in [3.63, 3.8) is 0 Å². The third-order valence-electron chi connectivity index (χ3n) is 7.50. The molecule has 1 aliphatic rings. The molecule has 0 spiro atoms. The van der Waals surface area contributed by atoms with Crippen molar-refractivity contribution in [2.75, 3.05) is 53.6 Å². The van der Waals surface area contributed by atoms with Crippen molar-refractivity contribution in [2.45, 2.75) is 18.9 Å². The van der Waals surface area contributed by atoms with Crippen molar-refractivity contribution in [1.29, 1.82) is 5.26 Å². The second-order valence-corrected chi connectivity index (χ2v) is 9.91. The number of ether oxygens (including phenoxy) is 3. The van der Waals surface area contributed by atoms with Crippen molar-refractivity contribution in [2.24, 2.45) is 0 Å². The molecule has 1 atom stereocenters. The first-order valence-corrected chi connectivity index (χ1v) is 13.4. The Morgan fingerprint density at radius 1 is 0.846 bits per heavy atom. The highest BCUT2D eigenvalue weighted by Gasteiger charge is 2.27. The third kappa shape index (κ3) is 6.16. The van der Waals surface area contributed by atoms with E-state index in [-0.39, 0.29) is 12.1 Å². The van der Waals surface area contributed by atoms with Gasteiger partial charge in [-0.15, -0.1) is 0 Å². The molecule has 7 heteroatoms. The zero-order valence-electron chi connectivity index (χ0n) is 22.7. The maximum atomic E-state index is 9.56. The molecular weight excluding hydrogens is 488 g/mol. The van der Waals surface area contributed by atoms with E-state index in [0.29, 0.717) is 19.0 Å². The predicted octanol–water partition coefficient (Wildman–Crippen LogP) is 4.92. The Balaban J connectivity index is 1.21. The number of rotatable bonds is 11. The van der Waals surface area contributed by atoms with E-state index in [4.69, 9.17) is 14.2 Å². The first-order valence-electron chi connectivity index (χ1n) is 13.4. The molecule has 1 saturated heterocycles. The van der Waals surface area contributed by atoms with Crippen LogP contribution in [0.15, 0.2) is 84.9 Å². The minimum atomic E-state index is -0.0673. The minimum absolute atomic E-state index is 0.0673. The van der Waals surface area contributed by atoms with E-state index in [2.05, 4.69) is 76.5 Å². The number of fused-ring (bicyclic) bond motifs is 1. The largest absolute Gasteiger partial charge is 0.490 e. The lowest BCUT2D eigenvalue weighted by molar-refractivity contribution is 0.0130. The van der Waals surface area contributed by atoms with Crippen LogP contribution in [0, 0.1) is 11.3 Å². The van der Waals surface area contributed by atoms with Crippen LogP contribution in [0.1, 0.15) is 22.9 Å². The van der Waals surface area contributed by atoms with Crippen LogP contribution in [0.4, 0.5) is 0 Å². The number of methoxy groups -OCH3 is 2. The van der Waals surface area contributed by atoms with Crippen molar-refractivity contribution >= 4 is 10.9 Å². The summed E-state index contributed by atoms with van der Waals surface area (Å²) in [6.07, 6.45) is -0.0673. The fourth-order valence-electron chi connectivity index (χ4n) is 5.50. The number of aromatic nitrogens is 1. The van der Waals surface area contributed by atoms with Crippen LogP contribution in [0.5, 0.6) is 5.75 Å². The lowest BCUT2D eigenvalue weighted by Crippen LogP contribution is -2.50. The summed E-state index contributed by atoms with van der Waals surface area (Å²) in [5.41, 5.74) is 4.12. The maximum Gasteiger partial charge on any atom is 0.128 e. The van der Waals surface area contributed by atoms with Crippen LogP contribution in [0.3, 0.4) is 0 Å². The van der Waals surface area contributed by atoms with Gasteiger partial charge in [0.25, 0.3) is 0 Å². The first-order chi connectivity index (χ1) is 19.2. The monoisotopic (exact) mass is 524 g/mol. The van der Waals surface area contributed by atoms with E-state index in [1.54, 1.807) is 14.2 Å². The van der Waals surface area contributed by atoms with Gasteiger partial charge in [0, 0.05) is 52.3 Å². The molecule has 3 aromatic carbocycles. The molecule has 0 N–H and O–H groups in total. The van der Waals surface area contributed by atoms with Crippen LogP contribution in [0.2, 0.25) is 0 Å². The number of benzene rings is 3. The number of nitriles is 1. The second-order valence-electron chi connectivity index (χ2n) is 9.91. The summed E-state index contributed by atoms with van der Waals surface area (Å²) in [7, 11) is 3.37. The third-order valence-corrected chi connectivity index (χ3v) is 7.50. The highest BCUT2D eigenvalue weighted by Crippen LogP contribution is 2.31. The van der Waals surface area contributed by atoms with E-state index in [1.807, 2.05) is 28.8 Å². The Labute approximate surface area is 230 Å². The Bertz CT molecular complexity index is 1340. The van der Waals surface area contributed by atoms with E-state index in [0.717, 1.165) is 49.4 Å². The zero-order chi connectivity index (χ0) is 27.0. The Morgan fingerprint density at radius 3 is 2.10 bits per heavy atom. The molecule has 202 valence electrons. The fourth-order valence-corrected chi connectivity index (χ4v) is 5.50. The van der Waals surface area contributed by atoms with Gasteiger partial charge in [-0.25, -0.2) is 0 Å². The summed E-state index contributed by atoms with van der Waals surface area (Å²) in [6.45, 7) is 5.45. The molecule has 0 amide bonds. The molecule has 39 heavy (non-hydrogen) atoms. The quantitative estimate of drug-likeness (QED) is 0.278. The summed E-state index contributed by atoms with van der Waals surface area (Å²) >= 11 is 0. The Morgan fingerprint density at radius 2 is 1.51 bits per heavy atom. The lowest BCUT2D eigenvalue weighted by Gasteiger charge is -2.40. The molecule has 1 aliphatic heterocycles. The number of hydrogen-bond donors (Lipinski definition) is 0. The van der Waals surface area contributed by atoms with Crippen LogP contribution >= 0.6 is 0 Å². The second kappa shape index (κ2) is 12.9. The van der Waals surface area contributed by atoms with E-state index >= 15 is 0 Å². The standard InChI is InChI=1S/C32H36N4O3/c1-37-24-36-27(21-33)20-29-30(36)14-9-15-31(29)39-23-28(38-2)22-34-16-18-35(19-17-34)32(25-10-5-3-6-11-25)26-12-7-4-8-13-26/h3-15,20,28,32H,16-19,22-24H2,1-2H3. The molecule has 0 saturated carbocycles. The normalized spacial score (nSPS) is 15.4. The van der Waals surface area contributed by atoms with Crippen molar-refractivity contribution in [1.82, 2.24) is 14.4 Å². The van der Waals surface area contributed by atoms with Crippen LogP contribution in [-0.2, 0) is 16.2 Å². The SMILES string of the molecule is COCn1c(C#N)cc2c(OCC(CN3CCN(C(c4ccccc4)c4ccccc4)CC3)OC)cccc21. The molecule has 5 rings (SSSR count). The Kier molecular flexibility index (Phi) is 8.92. The smallest absolute Gasteiger partial charge is 0.128 e. The van der Waals surface area contributed by atoms with Gasteiger partial charge in [-0.05, 0) is 29.3 Å². The van der Waals surface area contributed by atoms with Gasteiger partial charge >= 0.3 is 0 Å². The van der Waals surface area contributed by atoms with Gasteiger partial charge in [-0.3, -0.25) is 9.80 Å². The molecule has 2 heterocycles. The van der Waals surface area contributed by atoms with Crippen LogP contribution in [-0.4, -0.2) is 74.0 Å². The lowest BCUT2D eigenvalue weighted by atomic mass is 9.96. The topological polar surface area (TPSA) is 62.9 Å². The van der Waals surface area contributed by atoms with E-state index in [1.165, 1.54) is 11.1 Å². The summed E-state index contributed by atoms with van der Waals surface area (Å²) in [5, 5.41) is 10.5. The van der Waals surface area contributed by atoms with Gasteiger partial charge in [0.05, 0.1) is 11.6 Å². The van der Waals surface area contributed by atoms with Crippen molar-refractivity contribution < 1.29 is 14.2 Å². The highest BCUT2D eigenvalue weighted by molar-refractivity contribution is 5.88. The number of hydrogen-bond acceptors (Lipinski definition) is 6. The molecule has 0 bridgehead atoms. The summed E-state index contributed by atoms with van der Waals surface area (Å²) in [5.74, 6) is 0.749. The van der Waals surface area contributed by atoms with Crippen molar-refractivity contribution in [3.8, 4) is 11.8 Å². The highest BCUT2D eigenvalue weighted by atomic mass is 16.5. The van der Waals surface area contributed by atoms with E-state index < -0.39 is 0 Å². The Hall–Kier alpha value is -3.67. The van der Waals surface area contributed by atoms with Crippen LogP contribution in [0.25, 0.3) is 10.9 Å². The average molecular weight is 525 g/mol. The summed E-state index contributed by atoms with van der Waals surface area (Å²) < 4.78 is 19.2. The first kappa shape index (κ1) is 26.9. The number of piperazine rings is 1. The molecule has 4 aromatic rings. The van der Waals surface area contributed by atoms with Gasteiger partial charge in [0.2, 0.25) is 0 Å². The zero-order valence-corrected chi connectivity index (χ0v) is 22.7. The minimum Gasteiger partial charge on any atom is -0.490 e.